The molecule has 0 aromatic carbocycles. The van der Waals surface area contributed by atoms with Gasteiger partial charge in [-0.25, -0.2) is 0 Å². The van der Waals surface area contributed by atoms with Gasteiger partial charge in [0.25, 0.3) is 0 Å². The molecule has 2 atom stereocenters. The van der Waals surface area contributed by atoms with Crippen molar-refractivity contribution < 1.29 is 14.7 Å². The zero-order valence-electron chi connectivity index (χ0n) is 12.4. The molecule has 1 N–H and O–H groups in total. The fourth-order valence-electron chi connectivity index (χ4n) is 3.68. The second kappa shape index (κ2) is 4.65. The maximum absolute atomic E-state index is 12.3. The van der Waals surface area contributed by atoms with Crippen molar-refractivity contribution in [2.45, 2.75) is 19.8 Å². The molecule has 3 heterocycles. The third-order valence-electron chi connectivity index (χ3n) is 5.06. The van der Waals surface area contributed by atoms with Crippen molar-refractivity contribution in [1.29, 1.82) is 0 Å². The minimum absolute atomic E-state index is 0.0306. The quantitative estimate of drug-likeness (QED) is 0.877. The van der Waals surface area contributed by atoms with Crippen LogP contribution in [0, 0.1) is 24.2 Å². The summed E-state index contributed by atoms with van der Waals surface area (Å²) in [7, 11) is 0. The molecule has 1 aromatic heterocycles. The molecule has 0 radical (unpaired) electrons. The molecule has 1 amide bonds. The van der Waals surface area contributed by atoms with Gasteiger partial charge < -0.3 is 14.9 Å². The van der Waals surface area contributed by atoms with E-state index < -0.39 is 11.4 Å². The number of rotatable bonds is 3. The summed E-state index contributed by atoms with van der Waals surface area (Å²) in [6.07, 6.45) is 1.91. The minimum atomic E-state index is -0.857. The van der Waals surface area contributed by atoms with Gasteiger partial charge in [0.1, 0.15) is 10.4 Å². The normalized spacial score (nSPS) is 30.7. The molecule has 7 nitrogen and oxygen atoms in total. The van der Waals surface area contributed by atoms with E-state index in [0.717, 1.165) is 23.0 Å². The summed E-state index contributed by atoms with van der Waals surface area (Å²) >= 11 is 1.49. The molecule has 1 aliphatic carbocycles. The van der Waals surface area contributed by atoms with Crippen molar-refractivity contribution in [1.82, 2.24) is 15.1 Å². The minimum Gasteiger partial charge on any atom is -0.481 e. The zero-order valence-corrected chi connectivity index (χ0v) is 13.2. The van der Waals surface area contributed by atoms with Gasteiger partial charge in [0.2, 0.25) is 11.0 Å². The van der Waals surface area contributed by atoms with Gasteiger partial charge in [-0.15, -0.1) is 10.2 Å². The van der Waals surface area contributed by atoms with E-state index in [1.165, 1.54) is 11.3 Å². The summed E-state index contributed by atoms with van der Waals surface area (Å²) in [6, 6.07) is 0. The van der Waals surface area contributed by atoms with E-state index in [1.54, 1.807) is 4.90 Å². The van der Waals surface area contributed by atoms with Crippen LogP contribution < -0.4 is 4.90 Å². The zero-order chi connectivity index (χ0) is 15.5. The first-order valence-electron chi connectivity index (χ1n) is 7.57. The number of nitrogens with zero attached hydrogens (tertiary/aromatic N) is 4. The fourth-order valence-corrected chi connectivity index (χ4v) is 4.38. The number of likely N-dealkylation sites (tertiary alicyclic amines) is 1. The summed E-state index contributed by atoms with van der Waals surface area (Å²) < 4.78 is 0. The van der Waals surface area contributed by atoms with E-state index in [9.17, 15) is 14.7 Å². The first-order chi connectivity index (χ1) is 10.5. The largest absolute Gasteiger partial charge is 0.481 e. The van der Waals surface area contributed by atoms with Crippen LogP contribution in [-0.2, 0) is 9.59 Å². The maximum atomic E-state index is 12.3. The molecular weight excluding hydrogens is 304 g/mol. The van der Waals surface area contributed by atoms with E-state index in [2.05, 4.69) is 10.2 Å². The number of aromatic nitrogens is 2. The molecule has 1 aromatic rings. The second-order valence-corrected chi connectivity index (χ2v) is 7.80. The molecule has 4 rings (SSSR count). The topological polar surface area (TPSA) is 86.6 Å². The predicted octanol–water partition coefficient (Wildman–Crippen LogP) is 0.606. The van der Waals surface area contributed by atoms with E-state index in [1.807, 2.05) is 11.8 Å². The number of fused-ring (bicyclic) bond motifs is 1. The number of aryl methyl sites for hydroxylation is 1. The van der Waals surface area contributed by atoms with Crippen LogP contribution in [0.3, 0.4) is 0 Å². The van der Waals surface area contributed by atoms with Gasteiger partial charge in [-0.1, -0.05) is 11.3 Å². The number of carbonyl (C=O) groups excluding carboxylic acids is 1. The van der Waals surface area contributed by atoms with Gasteiger partial charge in [0.05, 0.1) is 0 Å². The average molecular weight is 322 g/mol. The first kappa shape index (κ1) is 13.9. The monoisotopic (exact) mass is 322 g/mol. The Hall–Kier alpha value is -1.70. The van der Waals surface area contributed by atoms with E-state index in [0.29, 0.717) is 26.2 Å². The summed E-state index contributed by atoms with van der Waals surface area (Å²) in [5.74, 6) is -0.538. The van der Waals surface area contributed by atoms with Crippen LogP contribution in [0.15, 0.2) is 0 Å². The summed E-state index contributed by atoms with van der Waals surface area (Å²) in [5.41, 5.74) is -0.857. The molecule has 22 heavy (non-hydrogen) atoms. The highest BCUT2D eigenvalue weighted by atomic mass is 32.1. The molecular formula is C14H18N4O3S. The first-order valence-corrected chi connectivity index (χ1v) is 8.38. The van der Waals surface area contributed by atoms with Gasteiger partial charge in [-0.05, 0) is 19.8 Å². The number of amides is 1. The molecule has 1 saturated carbocycles. The highest BCUT2D eigenvalue weighted by Crippen LogP contribution is 2.46. The third-order valence-corrected chi connectivity index (χ3v) is 5.96. The van der Waals surface area contributed by atoms with Gasteiger partial charge in [-0.2, -0.15) is 0 Å². The number of aliphatic carboxylic acids is 1. The standard InChI is InChI=1S/C14H18N4O3S/c1-8-15-16-13(22-8)18-5-10-4-17(11(19)9-2-3-9)6-14(10,7-18)12(20)21/h9-10H,2-7H2,1H3,(H,20,21)/t10-,14-/m0/s1. The van der Waals surface area contributed by atoms with Crippen LogP contribution in [0.2, 0.25) is 0 Å². The highest BCUT2D eigenvalue weighted by molar-refractivity contribution is 7.15. The molecule has 3 aliphatic rings. The highest BCUT2D eigenvalue weighted by Gasteiger charge is 2.59. The molecule has 118 valence electrons. The summed E-state index contributed by atoms with van der Waals surface area (Å²) in [5, 5.41) is 19.6. The number of hydrogen-bond acceptors (Lipinski definition) is 6. The molecule has 2 aliphatic heterocycles. The number of carboxylic acid groups (broad SMARTS) is 1. The Morgan fingerprint density at radius 3 is 2.59 bits per heavy atom. The van der Waals surface area contributed by atoms with E-state index in [4.69, 9.17) is 0 Å². The van der Waals surface area contributed by atoms with Crippen LogP contribution in [0.5, 0.6) is 0 Å². The Bertz CT molecular complexity index is 644. The van der Waals surface area contributed by atoms with Crippen LogP contribution >= 0.6 is 11.3 Å². The lowest BCUT2D eigenvalue weighted by Crippen LogP contribution is -2.42. The Morgan fingerprint density at radius 1 is 1.27 bits per heavy atom. The van der Waals surface area contributed by atoms with Crippen molar-refractivity contribution in [2.75, 3.05) is 31.1 Å². The lowest BCUT2D eigenvalue weighted by Gasteiger charge is -2.25. The number of carbonyl (C=O) groups is 2. The number of carboxylic acids is 1. The molecule has 8 heteroatoms. The van der Waals surface area contributed by atoms with Gasteiger partial charge in [0.15, 0.2) is 0 Å². The Morgan fingerprint density at radius 2 is 2.05 bits per heavy atom. The Balaban J connectivity index is 1.56. The predicted molar refractivity (Wildman–Crippen MR) is 79.7 cm³/mol. The smallest absolute Gasteiger partial charge is 0.313 e. The van der Waals surface area contributed by atoms with Gasteiger partial charge >= 0.3 is 5.97 Å². The van der Waals surface area contributed by atoms with Gasteiger partial charge in [0, 0.05) is 38.0 Å². The van der Waals surface area contributed by atoms with E-state index >= 15 is 0 Å². The van der Waals surface area contributed by atoms with Crippen molar-refractivity contribution in [3.63, 3.8) is 0 Å². The van der Waals surface area contributed by atoms with Crippen LogP contribution in [0.25, 0.3) is 0 Å². The molecule has 0 unspecified atom stereocenters. The maximum Gasteiger partial charge on any atom is 0.313 e. The molecule has 0 bridgehead atoms. The van der Waals surface area contributed by atoms with Crippen LogP contribution in [0.1, 0.15) is 17.8 Å². The lowest BCUT2D eigenvalue weighted by atomic mass is 9.81. The van der Waals surface area contributed by atoms with Crippen molar-refractivity contribution >= 4 is 28.3 Å². The fraction of sp³-hybridized carbons (Fsp3) is 0.714. The Kier molecular flexibility index (Phi) is 2.94. The van der Waals surface area contributed by atoms with Crippen molar-refractivity contribution in [2.24, 2.45) is 17.3 Å². The van der Waals surface area contributed by atoms with Gasteiger partial charge in [-0.3, -0.25) is 9.59 Å². The third kappa shape index (κ3) is 2.00. The van der Waals surface area contributed by atoms with Crippen LogP contribution in [0.4, 0.5) is 5.13 Å². The lowest BCUT2D eigenvalue weighted by molar-refractivity contribution is -0.148. The number of anilines is 1. The summed E-state index contributed by atoms with van der Waals surface area (Å²) in [4.78, 5) is 28.0. The van der Waals surface area contributed by atoms with E-state index in [-0.39, 0.29) is 17.7 Å². The summed E-state index contributed by atoms with van der Waals surface area (Å²) in [6.45, 7) is 3.82. The number of hydrogen-bond donors (Lipinski definition) is 1. The van der Waals surface area contributed by atoms with Crippen molar-refractivity contribution in [3.8, 4) is 0 Å². The van der Waals surface area contributed by atoms with Crippen LogP contribution in [-0.4, -0.2) is 58.3 Å². The molecule has 3 fully saturated rings. The molecule has 2 saturated heterocycles. The molecule has 0 spiro atoms. The Labute approximate surface area is 131 Å². The average Bonchev–Trinajstić information content (AvgIpc) is 2.96. The second-order valence-electron chi connectivity index (χ2n) is 6.64. The SMILES string of the molecule is Cc1nnc(N2C[C@@H]3CN(C(=O)C4CC4)C[C@]3(C(=O)O)C2)s1. The van der Waals surface area contributed by atoms with Crippen molar-refractivity contribution in [3.05, 3.63) is 5.01 Å².